The minimum Gasteiger partial charge on any atom is -0.449 e. The number of carbonyl (C=O) groups excluding carboxylic acids is 8. The van der Waals surface area contributed by atoms with Crippen molar-refractivity contribution in [3.05, 3.63) is 108 Å². The third-order valence-corrected chi connectivity index (χ3v) is 12.1. The molecule has 0 aliphatic carbocycles. The summed E-state index contributed by atoms with van der Waals surface area (Å²) in [5, 5.41) is 66.7. The number of hydrogen-bond donors (Lipinski definition) is 7. The second-order valence-corrected chi connectivity index (χ2v) is 27.8. The topological polar surface area (TPSA) is 403 Å². The molecular formula is C66H85N19O11. The van der Waals surface area contributed by atoms with Crippen LogP contribution in [-0.2, 0) is 40.0 Å². The van der Waals surface area contributed by atoms with Crippen molar-refractivity contribution in [2.24, 2.45) is 16.2 Å². The first kappa shape index (κ1) is 75.8. The van der Waals surface area contributed by atoms with Crippen molar-refractivity contribution in [3.63, 3.8) is 0 Å². The summed E-state index contributed by atoms with van der Waals surface area (Å²) >= 11 is 0. The first-order valence-corrected chi connectivity index (χ1v) is 30.3. The third-order valence-electron chi connectivity index (χ3n) is 12.1. The predicted octanol–water partition coefficient (Wildman–Crippen LogP) is 10.0. The van der Waals surface area contributed by atoms with Gasteiger partial charge in [-0.3, -0.25) is 29.3 Å². The number of aromatic nitrogens is 12. The highest BCUT2D eigenvalue weighted by atomic mass is 16.6. The molecule has 30 heteroatoms. The van der Waals surface area contributed by atoms with E-state index in [-0.39, 0.29) is 66.3 Å². The molecule has 0 atom stereocenters. The zero-order valence-corrected chi connectivity index (χ0v) is 57.4. The predicted molar refractivity (Wildman–Crippen MR) is 358 cm³/mol. The largest absolute Gasteiger partial charge is 0.449 e. The van der Waals surface area contributed by atoms with E-state index in [9.17, 15) is 38.4 Å². The van der Waals surface area contributed by atoms with Crippen LogP contribution >= 0.6 is 0 Å². The highest BCUT2D eigenvalue weighted by Crippen LogP contribution is 2.26. The number of alkyl carbamates (subject to hydrolysis) is 3. The SMILES string of the molecule is CC(C)(C)NC(=O)OCC(=O)Nc1nnc(-c2ccc(NC(=O)C(C)(C)C)cc2)nn1.CC(C)(C)NC(=O)OCCC(=O)c1nnc(-c2ccc(NC(=O)C(C)(C)C)cc2)nn1.CC(C)(C)NC(=O)OCc1ccccc1-c1nnc(-c2ccc(NC(=O)C(C)(C)C)cc2)nn1. The Kier molecular flexibility index (Phi) is 25.9. The Balaban J connectivity index is 0.000000261. The molecule has 7 N–H and O–H groups in total. The summed E-state index contributed by atoms with van der Waals surface area (Å²) in [6, 6.07) is 28.3. The summed E-state index contributed by atoms with van der Waals surface area (Å²) < 4.78 is 15.1. The summed E-state index contributed by atoms with van der Waals surface area (Å²) in [4.78, 5) is 95.4. The second kappa shape index (κ2) is 32.8. The molecule has 4 aromatic carbocycles. The normalized spacial score (nSPS) is 11.5. The molecule has 0 unspecified atom stereocenters. The van der Waals surface area contributed by atoms with E-state index >= 15 is 0 Å². The molecule has 0 spiro atoms. The van der Waals surface area contributed by atoms with Gasteiger partial charge >= 0.3 is 18.3 Å². The fraction of sp³-hybridized carbons (Fsp3) is 0.424. The number of rotatable bonds is 16. The lowest BCUT2D eigenvalue weighted by Crippen LogP contribution is -2.41. The van der Waals surface area contributed by atoms with Crippen LogP contribution in [0.3, 0.4) is 0 Å². The number of amides is 7. The maximum absolute atomic E-state index is 12.1. The molecule has 7 aromatic rings. The number of benzene rings is 4. The highest BCUT2D eigenvalue weighted by molar-refractivity contribution is 5.96. The third kappa shape index (κ3) is 26.6. The molecular weight excluding hydrogens is 1230 g/mol. The van der Waals surface area contributed by atoms with Crippen LogP contribution in [0.4, 0.5) is 37.4 Å². The summed E-state index contributed by atoms with van der Waals surface area (Å²) in [5.74, 6) is -0.428. The van der Waals surface area contributed by atoms with Gasteiger partial charge in [0.15, 0.2) is 6.61 Å². The zero-order valence-electron chi connectivity index (χ0n) is 57.4. The van der Waals surface area contributed by atoms with Crippen LogP contribution in [0, 0.1) is 16.2 Å². The van der Waals surface area contributed by atoms with Crippen LogP contribution in [0.25, 0.3) is 45.6 Å². The number of nitrogens with one attached hydrogen (secondary N) is 7. The van der Waals surface area contributed by atoms with Gasteiger partial charge in [0.1, 0.15) is 13.2 Å². The molecule has 510 valence electrons. The molecule has 3 aromatic heterocycles. The van der Waals surface area contributed by atoms with E-state index in [1.165, 1.54) is 0 Å². The maximum atomic E-state index is 12.1. The lowest BCUT2D eigenvalue weighted by molar-refractivity contribution is -0.123. The summed E-state index contributed by atoms with van der Waals surface area (Å²) in [7, 11) is 0. The van der Waals surface area contributed by atoms with Gasteiger partial charge in [0.25, 0.3) is 11.9 Å². The van der Waals surface area contributed by atoms with E-state index in [0.717, 1.165) is 11.1 Å². The number of ketones is 1. The molecule has 0 bridgehead atoms. The van der Waals surface area contributed by atoms with Crippen LogP contribution < -0.4 is 37.2 Å². The van der Waals surface area contributed by atoms with Crippen LogP contribution in [0.2, 0.25) is 0 Å². The molecule has 0 saturated carbocycles. The van der Waals surface area contributed by atoms with E-state index in [0.29, 0.717) is 45.4 Å². The van der Waals surface area contributed by atoms with Crippen molar-refractivity contribution in [1.29, 1.82) is 0 Å². The molecule has 30 nitrogen and oxygen atoms in total. The molecule has 7 rings (SSSR count). The number of anilines is 4. The van der Waals surface area contributed by atoms with Gasteiger partial charge in [-0.15, -0.1) is 61.2 Å². The molecule has 0 aliphatic rings. The van der Waals surface area contributed by atoms with Gasteiger partial charge in [0.05, 0.1) is 0 Å². The number of ether oxygens (including phenoxy) is 3. The van der Waals surface area contributed by atoms with Gasteiger partial charge in [-0.05, 0) is 135 Å². The van der Waals surface area contributed by atoms with E-state index in [1.54, 1.807) is 93.6 Å². The average Bonchev–Trinajstić information content (AvgIpc) is 3.25. The van der Waals surface area contributed by atoms with Crippen molar-refractivity contribution < 1.29 is 52.6 Å². The van der Waals surface area contributed by atoms with Gasteiger partial charge in [0, 0.05) is 84.2 Å². The Morgan fingerprint density at radius 3 is 1.07 bits per heavy atom. The van der Waals surface area contributed by atoms with Gasteiger partial charge in [-0.2, -0.15) is 0 Å². The van der Waals surface area contributed by atoms with E-state index in [1.807, 2.05) is 128 Å². The monoisotopic (exact) mass is 1320 g/mol. The molecule has 96 heavy (non-hydrogen) atoms. The van der Waals surface area contributed by atoms with Crippen molar-refractivity contribution >= 4 is 70.7 Å². The molecule has 3 heterocycles. The van der Waals surface area contributed by atoms with Crippen LogP contribution in [0.5, 0.6) is 0 Å². The fourth-order valence-corrected chi connectivity index (χ4v) is 7.04. The Hall–Kier alpha value is -10.9. The fourth-order valence-electron chi connectivity index (χ4n) is 7.04. The number of hydrogen-bond acceptors (Lipinski definition) is 23. The van der Waals surface area contributed by atoms with Gasteiger partial charge in [-0.25, -0.2) is 14.4 Å². The molecule has 7 amide bonds. The first-order valence-electron chi connectivity index (χ1n) is 30.3. The number of Topliss-reactive ketones (excluding diaryl/α,β-unsaturated/α-hetero) is 1. The van der Waals surface area contributed by atoms with E-state index in [2.05, 4.69) is 98.4 Å². The van der Waals surface area contributed by atoms with Gasteiger partial charge < -0.3 is 46.1 Å². The molecule has 0 fully saturated rings. The smallest absolute Gasteiger partial charge is 0.408 e. The van der Waals surface area contributed by atoms with Crippen molar-refractivity contribution in [3.8, 4) is 45.6 Å². The Morgan fingerprint density at radius 2 is 0.698 bits per heavy atom. The van der Waals surface area contributed by atoms with Gasteiger partial charge in [0.2, 0.25) is 52.6 Å². The summed E-state index contributed by atoms with van der Waals surface area (Å²) in [5.41, 5.74) is 2.60. The Morgan fingerprint density at radius 1 is 0.365 bits per heavy atom. The minimum atomic E-state index is -0.711. The number of nitrogens with zero attached hydrogens (tertiary/aromatic N) is 12. The molecule has 0 saturated heterocycles. The average molecular weight is 1320 g/mol. The van der Waals surface area contributed by atoms with Gasteiger partial charge in [-0.1, -0.05) is 86.6 Å². The minimum absolute atomic E-state index is 0.0605. The Labute approximate surface area is 557 Å². The maximum Gasteiger partial charge on any atom is 0.408 e. The quantitative estimate of drug-likeness (QED) is 0.0349. The highest BCUT2D eigenvalue weighted by Gasteiger charge is 2.25. The van der Waals surface area contributed by atoms with Crippen LogP contribution in [0.15, 0.2) is 97.1 Å². The van der Waals surface area contributed by atoms with Crippen LogP contribution in [-0.4, -0.2) is 139 Å². The lowest BCUT2D eigenvalue weighted by atomic mass is 9.95. The summed E-state index contributed by atoms with van der Waals surface area (Å²) in [6.07, 6.45) is -1.90. The lowest BCUT2D eigenvalue weighted by Gasteiger charge is -2.20. The van der Waals surface area contributed by atoms with Crippen molar-refractivity contribution in [1.82, 2.24) is 77.1 Å². The zero-order chi connectivity index (χ0) is 71.4. The standard InChI is InChI=1S/C25H30N6O3.C21H28N6O4.C20H27N7O4/c1-24(2,3)22(32)26-18-13-11-16(12-14-18)20-28-30-21(31-29-20)19-10-8-7-9-17(19)15-34-23(33)27-25(4,5)6;1-20(2,3)18(29)22-14-9-7-13(8-10-14)16-24-26-17(27-25-16)15(28)11-12-31-19(30)23-21(4,5)6;1-19(2,3)16(29)21-13-9-7-12(8-10-13)15-24-26-17(27-25-15)22-14(28)11-31-18(30)23-20(4,5)6/h7-14H,15H2,1-6H3,(H,26,32)(H,27,33);7-10H,11-12H2,1-6H3,(H,22,29)(H,23,30);7-10H,11H2,1-6H3,(H,21,29)(H,23,30)(H,22,26,27,28). The van der Waals surface area contributed by atoms with Crippen LogP contribution in [0.1, 0.15) is 147 Å². The first-order chi connectivity index (χ1) is 44.6. The Bertz CT molecular complexity index is 3800. The van der Waals surface area contributed by atoms with E-state index < -0.39 is 63.9 Å². The summed E-state index contributed by atoms with van der Waals surface area (Å²) in [6.45, 7) is 32.5. The molecule has 0 radical (unpaired) electrons. The second-order valence-electron chi connectivity index (χ2n) is 27.8. The molecule has 0 aliphatic heterocycles. The van der Waals surface area contributed by atoms with E-state index in [4.69, 9.17) is 14.2 Å². The van der Waals surface area contributed by atoms with Crippen molar-refractivity contribution in [2.75, 3.05) is 34.5 Å². The van der Waals surface area contributed by atoms with Crippen molar-refractivity contribution in [2.45, 2.75) is 154 Å². The number of carbonyl (C=O) groups is 8.